The molecule has 3 aromatic carbocycles. The summed E-state index contributed by atoms with van der Waals surface area (Å²) in [6.45, 7) is 0.800. The lowest BCUT2D eigenvalue weighted by atomic mass is 10.1. The molecule has 124 valence electrons. The molecule has 0 saturated carbocycles. The Kier molecular flexibility index (Phi) is 4.69. The zero-order chi connectivity index (χ0) is 17.0. The van der Waals surface area contributed by atoms with Crippen LogP contribution in [0.5, 0.6) is 11.5 Å². The number of para-hydroxylation sites is 1. The van der Waals surface area contributed by atoms with Gasteiger partial charge in [-0.05, 0) is 47.2 Å². The van der Waals surface area contributed by atoms with Gasteiger partial charge in [-0.15, -0.1) is 0 Å². The van der Waals surface area contributed by atoms with Gasteiger partial charge >= 0.3 is 0 Å². The van der Waals surface area contributed by atoms with E-state index in [9.17, 15) is 8.42 Å². The number of hydrogen-bond donors (Lipinski definition) is 1. The topological polar surface area (TPSA) is 78.6 Å². The second-order valence-electron chi connectivity index (χ2n) is 5.23. The van der Waals surface area contributed by atoms with Crippen molar-refractivity contribution in [1.82, 2.24) is 0 Å². The number of hydrogen-bond acceptors (Lipinski definition) is 4. The van der Waals surface area contributed by atoms with Crippen LogP contribution in [0.2, 0.25) is 0 Å². The normalized spacial score (nSPS) is 11.4. The molecule has 6 heteroatoms. The smallest absolute Gasteiger partial charge is 0.238 e. The van der Waals surface area contributed by atoms with Crippen LogP contribution < -0.4 is 14.6 Å². The third-order valence-electron chi connectivity index (χ3n) is 3.48. The molecule has 0 aromatic heterocycles. The van der Waals surface area contributed by atoms with E-state index in [2.05, 4.69) is 0 Å². The van der Waals surface area contributed by atoms with Crippen LogP contribution in [0.1, 0.15) is 0 Å². The summed E-state index contributed by atoms with van der Waals surface area (Å²) >= 11 is 0. The van der Waals surface area contributed by atoms with Gasteiger partial charge in [0.2, 0.25) is 10.0 Å². The quantitative estimate of drug-likeness (QED) is 0.698. The molecule has 5 nitrogen and oxygen atoms in total. The van der Waals surface area contributed by atoms with Crippen molar-refractivity contribution in [2.75, 3.05) is 13.2 Å². The van der Waals surface area contributed by atoms with Crippen molar-refractivity contribution < 1.29 is 17.9 Å². The third-order valence-corrected chi connectivity index (χ3v) is 4.39. The van der Waals surface area contributed by atoms with Gasteiger partial charge in [-0.2, -0.15) is 0 Å². The summed E-state index contributed by atoms with van der Waals surface area (Å²) in [7, 11) is -3.72. The summed E-state index contributed by atoms with van der Waals surface area (Å²) in [4.78, 5) is 0.0829. The van der Waals surface area contributed by atoms with E-state index in [4.69, 9.17) is 14.6 Å². The first-order valence-electron chi connectivity index (χ1n) is 7.40. The van der Waals surface area contributed by atoms with Gasteiger partial charge in [0, 0.05) is 0 Å². The molecule has 0 bridgehead atoms. The number of primary sulfonamides is 1. The summed E-state index contributed by atoms with van der Waals surface area (Å²) in [6.07, 6.45) is 0. The van der Waals surface area contributed by atoms with E-state index in [-0.39, 0.29) is 4.90 Å². The fraction of sp³-hybridized carbons (Fsp3) is 0.111. The average molecular weight is 343 g/mol. The van der Waals surface area contributed by atoms with Crippen LogP contribution in [0.15, 0.2) is 71.6 Å². The first-order valence-corrected chi connectivity index (χ1v) is 8.94. The minimum atomic E-state index is -3.72. The molecule has 0 aliphatic rings. The van der Waals surface area contributed by atoms with Crippen molar-refractivity contribution in [1.29, 1.82) is 0 Å². The summed E-state index contributed by atoms with van der Waals surface area (Å²) in [5, 5.41) is 6.83. The van der Waals surface area contributed by atoms with Crippen LogP contribution in [-0.2, 0) is 10.0 Å². The zero-order valence-electron chi connectivity index (χ0n) is 12.9. The Morgan fingerprint density at radius 3 is 2.12 bits per heavy atom. The molecule has 0 amide bonds. The lowest BCUT2D eigenvalue weighted by Gasteiger charge is -2.09. The summed E-state index contributed by atoms with van der Waals surface area (Å²) in [6, 6.07) is 19.7. The Hall–Kier alpha value is -2.57. The minimum absolute atomic E-state index is 0.0829. The highest BCUT2D eigenvalue weighted by Crippen LogP contribution is 2.23. The monoisotopic (exact) mass is 343 g/mol. The van der Waals surface area contributed by atoms with Crippen LogP contribution >= 0.6 is 0 Å². The number of nitrogens with two attached hydrogens (primary N) is 1. The van der Waals surface area contributed by atoms with Crippen LogP contribution in [-0.4, -0.2) is 21.6 Å². The van der Waals surface area contributed by atoms with Gasteiger partial charge in [-0.1, -0.05) is 30.3 Å². The molecule has 0 radical (unpaired) electrons. The molecular weight excluding hydrogens is 326 g/mol. The highest BCUT2D eigenvalue weighted by molar-refractivity contribution is 7.89. The molecule has 0 unspecified atom stereocenters. The van der Waals surface area contributed by atoms with E-state index in [1.165, 1.54) is 12.1 Å². The van der Waals surface area contributed by atoms with E-state index in [0.29, 0.717) is 19.0 Å². The Morgan fingerprint density at radius 1 is 0.750 bits per heavy atom. The van der Waals surface area contributed by atoms with Crippen molar-refractivity contribution >= 4 is 20.8 Å². The molecule has 0 atom stereocenters. The molecule has 0 aliphatic carbocycles. The second kappa shape index (κ2) is 6.90. The Morgan fingerprint density at radius 2 is 1.42 bits per heavy atom. The molecule has 0 saturated heterocycles. The number of fused-ring (bicyclic) bond motifs is 1. The SMILES string of the molecule is NS(=O)(=O)c1ccc2ccc(OCCOc3ccccc3)cc2c1. The maximum absolute atomic E-state index is 11.4. The number of benzene rings is 3. The number of rotatable bonds is 6. The standard InChI is InChI=1S/C18H17NO4S/c19-24(20,21)18-9-7-14-6-8-17(12-15(14)13-18)23-11-10-22-16-4-2-1-3-5-16/h1-9,12-13H,10-11H2,(H2,19,20,21). The third kappa shape index (κ3) is 4.04. The van der Waals surface area contributed by atoms with Gasteiger partial charge in [-0.25, -0.2) is 13.6 Å². The van der Waals surface area contributed by atoms with E-state index in [1.54, 1.807) is 12.1 Å². The maximum atomic E-state index is 11.4. The Balaban J connectivity index is 1.66. The lowest BCUT2D eigenvalue weighted by molar-refractivity contribution is 0.217. The number of sulfonamides is 1. The minimum Gasteiger partial charge on any atom is -0.490 e. The van der Waals surface area contributed by atoms with Crippen molar-refractivity contribution in [2.24, 2.45) is 5.14 Å². The Labute approximate surface area is 140 Å². The molecule has 2 N–H and O–H groups in total. The highest BCUT2D eigenvalue weighted by atomic mass is 32.2. The molecule has 3 aromatic rings. The summed E-state index contributed by atoms with van der Waals surface area (Å²) < 4.78 is 34.1. The molecule has 0 fully saturated rings. The fourth-order valence-corrected chi connectivity index (χ4v) is 2.85. The van der Waals surface area contributed by atoms with Crippen molar-refractivity contribution in [2.45, 2.75) is 4.90 Å². The van der Waals surface area contributed by atoms with Crippen LogP contribution in [0, 0.1) is 0 Å². The lowest BCUT2D eigenvalue weighted by Crippen LogP contribution is -2.11. The summed E-state index contributed by atoms with van der Waals surface area (Å²) in [5.74, 6) is 1.43. The second-order valence-corrected chi connectivity index (χ2v) is 6.79. The molecule has 24 heavy (non-hydrogen) atoms. The fourth-order valence-electron chi connectivity index (χ4n) is 2.31. The highest BCUT2D eigenvalue weighted by Gasteiger charge is 2.08. The predicted octanol–water partition coefficient (Wildman–Crippen LogP) is 2.95. The van der Waals surface area contributed by atoms with Gasteiger partial charge in [0.15, 0.2) is 0 Å². The first kappa shape index (κ1) is 16.3. The summed E-state index contributed by atoms with van der Waals surface area (Å²) in [5.41, 5.74) is 0. The van der Waals surface area contributed by atoms with Crippen LogP contribution in [0.4, 0.5) is 0 Å². The number of ether oxygens (including phenoxy) is 2. The van der Waals surface area contributed by atoms with E-state index in [1.807, 2.05) is 42.5 Å². The van der Waals surface area contributed by atoms with Crippen molar-refractivity contribution in [3.8, 4) is 11.5 Å². The Bertz CT molecular complexity index is 940. The van der Waals surface area contributed by atoms with Crippen molar-refractivity contribution in [3.05, 3.63) is 66.7 Å². The molecule has 3 rings (SSSR count). The van der Waals surface area contributed by atoms with Gasteiger partial charge in [0.1, 0.15) is 24.7 Å². The van der Waals surface area contributed by atoms with E-state index >= 15 is 0 Å². The van der Waals surface area contributed by atoms with Crippen LogP contribution in [0.25, 0.3) is 10.8 Å². The average Bonchev–Trinajstić information content (AvgIpc) is 2.58. The van der Waals surface area contributed by atoms with Gasteiger partial charge < -0.3 is 9.47 Å². The van der Waals surface area contributed by atoms with Gasteiger partial charge in [0.25, 0.3) is 0 Å². The molecule has 0 aliphatic heterocycles. The maximum Gasteiger partial charge on any atom is 0.238 e. The molecular formula is C18H17NO4S. The van der Waals surface area contributed by atoms with E-state index < -0.39 is 10.0 Å². The predicted molar refractivity (Wildman–Crippen MR) is 92.8 cm³/mol. The van der Waals surface area contributed by atoms with Gasteiger partial charge in [0.05, 0.1) is 4.90 Å². The molecule has 0 heterocycles. The van der Waals surface area contributed by atoms with Crippen molar-refractivity contribution in [3.63, 3.8) is 0 Å². The van der Waals surface area contributed by atoms with Crippen LogP contribution in [0.3, 0.4) is 0 Å². The van der Waals surface area contributed by atoms with Gasteiger partial charge in [-0.3, -0.25) is 0 Å². The van der Waals surface area contributed by atoms with E-state index in [0.717, 1.165) is 16.5 Å². The largest absolute Gasteiger partial charge is 0.490 e. The molecule has 0 spiro atoms. The first-order chi connectivity index (χ1) is 11.5. The zero-order valence-corrected chi connectivity index (χ0v) is 13.7.